The van der Waals surface area contributed by atoms with Gasteiger partial charge in [-0.15, -0.1) is 0 Å². The predicted octanol–water partition coefficient (Wildman–Crippen LogP) is 1.70. The van der Waals surface area contributed by atoms with Gasteiger partial charge in [-0.25, -0.2) is 4.98 Å². The van der Waals surface area contributed by atoms with Crippen LogP contribution in [0.4, 0.5) is 11.4 Å². The third-order valence-corrected chi connectivity index (χ3v) is 3.93. The van der Waals surface area contributed by atoms with Crippen molar-refractivity contribution in [3.8, 4) is 0 Å². The summed E-state index contributed by atoms with van der Waals surface area (Å²) in [6, 6.07) is 3.40. The average Bonchev–Trinajstić information content (AvgIpc) is 2.95. The van der Waals surface area contributed by atoms with E-state index in [2.05, 4.69) is 10.3 Å². The molecule has 0 fully saturated rings. The van der Waals surface area contributed by atoms with Gasteiger partial charge in [-0.1, -0.05) is 11.6 Å². The molecule has 0 bridgehead atoms. The number of hydrogen-bond acceptors (Lipinski definition) is 4. The molecule has 6 nitrogen and oxygen atoms in total. The van der Waals surface area contributed by atoms with Gasteiger partial charge in [0.1, 0.15) is 5.82 Å². The molecule has 0 saturated heterocycles. The van der Waals surface area contributed by atoms with Crippen molar-refractivity contribution in [3.63, 3.8) is 0 Å². The molecule has 1 aliphatic rings. The van der Waals surface area contributed by atoms with E-state index in [0.717, 1.165) is 11.5 Å². The molecule has 3 rings (SSSR count). The van der Waals surface area contributed by atoms with Crippen LogP contribution in [0, 0.1) is 0 Å². The molecule has 21 heavy (non-hydrogen) atoms. The molecular weight excluding hydrogens is 292 g/mol. The van der Waals surface area contributed by atoms with Gasteiger partial charge in [0.2, 0.25) is 0 Å². The standard InChI is InChI=1S/C14H15ClN4O2/c1-18-4-3-16-12(18)7-19(2)11-6-10-8(5-9(11)15)13(20)14(21)17-10/h3-6,13,20H,7H2,1-2H3,(H,17,21). The molecule has 2 N–H and O–H groups in total. The van der Waals surface area contributed by atoms with Crippen molar-refractivity contribution in [1.82, 2.24) is 9.55 Å². The Morgan fingerprint density at radius 1 is 1.52 bits per heavy atom. The molecule has 7 heteroatoms. The number of aromatic nitrogens is 2. The lowest BCUT2D eigenvalue weighted by molar-refractivity contribution is -0.123. The minimum atomic E-state index is -1.15. The van der Waals surface area contributed by atoms with E-state index in [4.69, 9.17) is 11.6 Å². The van der Waals surface area contributed by atoms with Gasteiger partial charge in [-0.3, -0.25) is 4.79 Å². The van der Waals surface area contributed by atoms with Crippen LogP contribution in [0.3, 0.4) is 0 Å². The second kappa shape index (κ2) is 5.05. The van der Waals surface area contributed by atoms with Gasteiger partial charge in [0.25, 0.3) is 5.91 Å². The van der Waals surface area contributed by atoms with E-state index >= 15 is 0 Å². The van der Waals surface area contributed by atoms with Crippen molar-refractivity contribution in [2.45, 2.75) is 12.6 Å². The first kappa shape index (κ1) is 13.9. The highest BCUT2D eigenvalue weighted by Crippen LogP contribution is 2.38. The number of hydrogen-bond donors (Lipinski definition) is 2. The van der Waals surface area contributed by atoms with Crippen LogP contribution in [0.25, 0.3) is 0 Å². The van der Waals surface area contributed by atoms with Gasteiger partial charge >= 0.3 is 0 Å². The number of rotatable bonds is 3. The van der Waals surface area contributed by atoms with Crippen molar-refractivity contribution >= 4 is 28.9 Å². The maximum Gasteiger partial charge on any atom is 0.257 e. The minimum absolute atomic E-state index is 0.426. The first-order valence-electron chi connectivity index (χ1n) is 6.47. The number of aryl methyl sites for hydroxylation is 1. The Hall–Kier alpha value is -2.05. The van der Waals surface area contributed by atoms with Gasteiger partial charge in [-0.2, -0.15) is 0 Å². The van der Waals surface area contributed by atoms with E-state index in [1.54, 1.807) is 18.3 Å². The highest BCUT2D eigenvalue weighted by molar-refractivity contribution is 6.33. The predicted molar refractivity (Wildman–Crippen MR) is 80.4 cm³/mol. The third-order valence-electron chi connectivity index (χ3n) is 3.63. The number of aliphatic hydroxyl groups excluding tert-OH is 1. The van der Waals surface area contributed by atoms with Gasteiger partial charge in [0, 0.05) is 37.7 Å². The van der Waals surface area contributed by atoms with E-state index in [1.165, 1.54) is 0 Å². The molecular formula is C14H15ClN4O2. The minimum Gasteiger partial charge on any atom is -0.378 e. The number of carbonyl (C=O) groups excluding carboxylic acids is 1. The van der Waals surface area contributed by atoms with Crippen LogP contribution in [0.1, 0.15) is 17.5 Å². The van der Waals surface area contributed by atoms with E-state index < -0.39 is 12.0 Å². The Morgan fingerprint density at radius 3 is 2.95 bits per heavy atom. The number of imidazole rings is 1. The van der Waals surface area contributed by atoms with Crippen molar-refractivity contribution in [2.75, 3.05) is 17.3 Å². The Bertz CT molecular complexity index is 713. The first-order valence-corrected chi connectivity index (χ1v) is 6.85. The summed E-state index contributed by atoms with van der Waals surface area (Å²) in [5, 5.41) is 12.9. The second-order valence-electron chi connectivity index (χ2n) is 5.09. The number of fused-ring (bicyclic) bond motifs is 1. The summed E-state index contributed by atoms with van der Waals surface area (Å²) in [7, 11) is 3.83. The highest BCUT2D eigenvalue weighted by atomic mass is 35.5. The number of nitrogens with zero attached hydrogens (tertiary/aromatic N) is 3. The maximum absolute atomic E-state index is 11.5. The lowest BCUT2D eigenvalue weighted by Crippen LogP contribution is -2.19. The normalized spacial score (nSPS) is 16.8. The van der Waals surface area contributed by atoms with E-state index in [9.17, 15) is 9.90 Å². The summed E-state index contributed by atoms with van der Waals surface area (Å²) >= 11 is 6.28. The Balaban J connectivity index is 1.91. The summed E-state index contributed by atoms with van der Waals surface area (Å²) < 4.78 is 1.93. The van der Waals surface area contributed by atoms with Gasteiger partial charge in [-0.05, 0) is 12.1 Å². The average molecular weight is 307 g/mol. The zero-order valence-corrected chi connectivity index (χ0v) is 12.4. The third kappa shape index (κ3) is 2.36. The number of amides is 1. The molecule has 0 radical (unpaired) electrons. The number of halogens is 1. The summed E-state index contributed by atoms with van der Waals surface area (Å²) in [6.45, 7) is 0.582. The maximum atomic E-state index is 11.5. The zero-order valence-electron chi connectivity index (χ0n) is 11.7. The second-order valence-corrected chi connectivity index (χ2v) is 5.50. The number of aliphatic hydroxyl groups is 1. The van der Waals surface area contributed by atoms with Crippen LogP contribution in [0.15, 0.2) is 24.5 Å². The van der Waals surface area contributed by atoms with Crippen LogP contribution in [-0.4, -0.2) is 27.6 Å². The van der Waals surface area contributed by atoms with Gasteiger partial charge in [0.15, 0.2) is 6.10 Å². The van der Waals surface area contributed by atoms with Crippen LogP contribution >= 0.6 is 11.6 Å². The van der Waals surface area contributed by atoms with Crippen LogP contribution in [0.2, 0.25) is 5.02 Å². The van der Waals surface area contributed by atoms with Crippen molar-refractivity contribution < 1.29 is 9.90 Å². The molecule has 1 unspecified atom stereocenters. The van der Waals surface area contributed by atoms with Crippen molar-refractivity contribution in [3.05, 3.63) is 40.9 Å². The smallest absolute Gasteiger partial charge is 0.257 e. The summed E-state index contributed by atoms with van der Waals surface area (Å²) in [4.78, 5) is 17.7. The molecule has 2 aromatic rings. The largest absolute Gasteiger partial charge is 0.378 e. The summed E-state index contributed by atoms with van der Waals surface area (Å²) in [5.41, 5.74) is 1.88. The molecule has 1 amide bonds. The molecule has 0 spiro atoms. The molecule has 1 aliphatic heterocycles. The Labute approximate surface area is 127 Å². The topological polar surface area (TPSA) is 70.4 Å². The quantitative estimate of drug-likeness (QED) is 0.905. The Kier molecular flexibility index (Phi) is 3.35. The lowest BCUT2D eigenvalue weighted by atomic mass is 10.1. The molecule has 0 aliphatic carbocycles. The fraction of sp³-hybridized carbons (Fsp3) is 0.286. The molecule has 110 valence electrons. The highest BCUT2D eigenvalue weighted by Gasteiger charge is 2.30. The van der Waals surface area contributed by atoms with E-state index in [1.807, 2.05) is 29.8 Å². The number of nitrogens with one attached hydrogen (secondary N) is 1. The molecule has 1 aromatic heterocycles. The number of benzene rings is 1. The fourth-order valence-corrected chi connectivity index (χ4v) is 2.71. The number of carbonyl (C=O) groups is 1. The molecule has 1 aromatic carbocycles. The monoisotopic (exact) mass is 306 g/mol. The van der Waals surface area contributed by atoms with Crippen LogP contribution in [-0.2, 0) is 18.4 Å². The number of anilines is 2. The van der Waals surface area contributed by atoms with Crippen molar-refractivity contribution in [1.29, 1.82) is 0 Å². The lowest BCUT2D eigenvalue weighted by Gasteiger charge is -2.21. The van der Waals surface area contributed by atoms with E-state index in [0.29, 0.717) is 22.8 Å². The van der Waals surface area contributed by atoms with E-state index in [-0.39, 0.29) is 0 Å². The SMILES string of the molecule is CN(Cc1nccn1C)c1cc2c(cc1Cl)C(O)C(=O)N2. The Morgan fingerprint density at radius 2 is 2.29 bits per heavy atom. The fourth-order valence-electron chi connectivity index (χ4n) is 2.39. The van der Waals surface area contributed by atoms with Crippen LogP contribution in [0.5, 0.6) is 0 Å². The summed E-state index contributed by atoms with van der Waals surface area (Å²) in [5.74, 6) is 0.475. The van der Waals surface area contributed by atoms with Gasteiger partial charge < -0.3 is 19.9 Å². The van der Waals surface area contributed by atoms with Gasteiger partial charge in [0.05, 0.1) is 17.3 Å². The molecule has 0 saturated carbocycles. The molecule has 2 heterocycles. The zero-order chi connectivity index (χ0) is 15.1. The van der Waals surface area contributed by atoms with Crippen molar-refractivity contribution in [2.24, 2.45) is 7.05 Å². The van der Waals surface area contributed by atoms with Crippen LogP contribution < -0.4 is 10.2 Å². The summed E-state index contributed by atoms with van der Waals surface area (Å²) in [6.07, 6.45) is 2.47. The first-order chi connectivity index (χ1) is 9.97. The molecule has 1 atom stereocenters.